The number of thiazole rings is 1. The van der Waals surface area contributed by atoms with Crippen LogP contribution < -0.4 is 5.32 Å². The monoisotopic (exact) mass is 549 g/mol. The third-order valence-electron chi connectivity index (χ3n) is 6.20. The Labute approximate surface area is 221 Å². The molecular formula is C25H28ClN3O5S2. The van der Waals surface area contributed by atoms with Gasteiger partial charge >= 0.3 is 5.97 Å². The van der Waals surface area contributed by atoms with E-state index in [2.05, 4.69) is 24.1 Å². The summed E-state index contributed by atoms with van der Waals surface area (Å²) in [6, 6.07) is 9.55. The summed E-state index contributed by atoms with van der Waals surface area (Å²) in [5, 5.41) is 3.21. The Balaban J connectivity index is 1.50. The van der Waals surface area contributed by atoms with E-state index in [0.717, 1.165) is 28.0 Å². The summed E-state index contributed by atoms with van der Waals surface area (Å²) >= 11 is 5.54. The first-order valence-corrected chi connectivity index (χ1v) is 13.9. The first kappa shape index (κ1) is 26.5. The van der Waals surface area contributed by atoms with Gasteiger partial charge in [-0.25, -0.2) is 9.19 Å². The fourth-order valence-corrected chi connectivity index (χ4v) is 5.83. The summed E-state index contributed by atoms with van der Waals surface area (Å²) in [6.07, 6.45) is 3.75. The van der Waals surface area contributed by atoms with E-state index in [0.29, 0.717) is 46.7 Å². The molecule has 1 aromatic carbocycles. The van der Waals surface area contributed by atoms with Gasteiger partial charge in [0.2, 0.25) is 0 Å². The number of aromatic nitrogens is 2. The van der Waals surface area contributed by atoms with E-state index in [1.54, 1.807) is 0 Å². The van der Waals surface area contributed by atoms with Crippen molar-refractivity contribution in [3.05, 3.63) is 68.9 Å². The van der Waals surface area contributed by atoms with Gasteiger partial charge in [0.05, 0.1) is 17.0 Å². The van der Waals surface area contributed by atoms with E-state index < -0.39 is 15.8 Å². The molecule has 2 N–H and O–H groups in total. The number of anilines is 1. The SMILES string of the molecule is CC(=O)OCCc1nc(NC(=O)c2cc(C(C)C)cn2Cc2ccc(C3(S(=O)O)CC3)cc2)sc1Cl. The zero-order chi connectivity index (χ0) is 26.0. The minimum atomic E-state index is -1.89. The van der Waals surface area contributed by atoms with E-state index in [-0.39, 0.29) is 24.4 Å². The molecule has 2 aromatic heterocycles. The second kappa shape index (κ2) is 10.8. The van der Waals surface area contributed by atoms with Gasteiger partial charge in [-0.2, -0.15) is 0 Å². The van der Waals surface area contributed by atoms with Gasteiger partial charge in [-0.3, -0.25) is 14.9 Å². The van der Waals surface area contributed by atoms with Crippen molar-refractivity contribution < 1.29 is 23.1 Å². The van der Waals surface area contributed by atoms with Gasteiger partial charge in [-0.1, -0.05) is 61.1 Å². The van der Waals surface area contributed by atoms with Crippen molar-refractivity contribution >= 4 is 51.0 Å². The fraction of sp³-hybridized carbons (Fsp3) is 0.400. The zero-order valence-corrected chi connectivity index (χ0v) is 22.6. The lowest BCUT2D eigenvalue weighted by molar-refractivity contribution is -0.140. The number of nitrogens with zero attached hydrogens (tertiary/aromatic N) is 2. The van der Waals surface area contributed by atoms with Gasteiger partial charge in [-0.15, -0.1) is 0 Å². The third-order valence-corrected chi connectivity index (χ3v) is 8.77. The van der Waals surface area contributed by atoms with Crippen molar-refractivity contribution in [3.63, 3.8) is 0 Å². The maximum Gasteiger partial charge on any atom is 0.302 e. The van der Waals surface area contributed by atoms with Crippen LogP contribution in [0.2, 0.25) is 4.34 Å². The number of hydrogen-bond acceptors (Lipinski definition) is 6. The topological polar surface area (TPSA) is 111 Å². The van der Waals surface area contributed by atoms with Crippen LogP contribution in [-0.2, 0) is 38.3 Å². The number of halogens is 1. The second-order valence-corrected chi connectivity index (χ2v) is 12.0. The van der Waals surface area contributed by atoms with Crippen LogP contribution in [0.4, 0.5) is 5.13 Å². The highest BCUT2D eigenvalue weighted by Crippen LogP contribution is 2.50. The van der Waals surface area contributed by atoms with Crippen molar-refractivity contribution in [2.75, 3.05) is 11.9 Å². The van der Waals surface area contributed by atoms with Crippen LogP contribution in [0.3, 0.4) is 0 Å². The second-order valence-electron chi connectivity index (χ2n) is 9.17. The molecular weight excluding hydrogens is 522 g/mol. The fourth-order valence-electron chi connectivity index (χ4n) is 3.95. The summed E-state index contributed by atoms with van der Waals surface area (Å²) in [5.41, 5.74) is 3.93. The molecule has 0 saturated heterocycles. The Morgan fingerprint density at radius 3 is 2.58 bits per heavy atom. The molecule has 0 radical (unpaired) electrons. The predicted molar refractivity (Wildman–Crippen MR) is 141 cm³/mol. The average Bonchev–Trinajstić information content (AvgIpc) is 3.41. The number of benzene rings is 1. The number of ether oxygens (including phenoxy) is 1. The van der Waals surface area contributed by atoms with Gasteiger partial charge in [-0.05, 0) is 41.5 Å². The van der Waals surface area contributed by atoms with Crippen LogP contribution in [0.5, 0.6) is 0 Å². The van der Waals surface area contributed by atoms with E-state index in [1.807, 2.05) is 41.1 Å². The highest BCUT2D eigenvalue weighted by atomic mass is 35.5. The number of nitrogens with one attached hydrogen (secondary N) is 1. The van der Waals surface area contributed by atoms with Gasteiger partial charge in [0.1, 0.15) is 10.0 Å². The molecule has 1 atom stereocenters. The Morgan fingerprint density at radius 2 is 2.00 bits per heavy atom. The van der Waals surface area contributed by atoms with Crippen LogP contribution in [0.1, 0.15) is 72.4 Å². The number of esters is 1. The summed E-state index contributed by atoms with van der Waals surface area (Å²) < 4.78 is 28.0. The Kier molecular flexibility index (Phi) is 7.99. The molecule has 4 rings (SSSR count). The van der Waals surface area contributed by atoms with Crippen LogP contribution in [0.25, 0.3) is 0 Å². The lowest BCUT2D eigenvalue weighted by Gasteiger charge is -2.13. The minimum absolute atomic E-state index is 0.168. The molecule has 1 fully saturated rings. The molecule has 1 unspecified atom stereocenters. The van der Waals surface area contributed by atoms with Crippen molar-refractivity contribution in [2.24, 2.45) is 0 Å². The van der Waals surface area contributed by atoms with Crippen molar-refractivity contribution in [1.82, 2.24) is 9.55 Å². The van der Waals surface area contributed by atoms with Gasteiger partial charge in [0.25, 0.3) is 5.91 Å². The number of hydrogen-bond donors (Lipinski definition) is 2. The molecule has 2 heterocycles. The van der Waals surface area contributed by atoms with E-state index in [9.17, 15) is 18.4 Å². The van der Waals surface area contributed by atoms with Crippen LogP contribution in [-0.4, -0.2) is 36.8 Å². The number of carbonyl (C=O) groups excluding carboxylic acids is 2. The summed E-state index contributed by atoms with van der Waals surface area (Å²) in [5.74, 6) is -0.443. The molecule has 0 spiro atoms. The highest BCUT2D eigenvalue weighted by Gasteiger charge is 2.50. The largest absolute Gasteiger partial charge is 0.465 e. The van der Waals surface area contributed by atoms with Crippen LogP contribution in [0.15, 0.2) is 36.5 Å². The lowest BCUT2D eigenvalue weighted by Crippen LogP contribution is -2.17. The van der Waals surface area contributed by atoms with Crippen molar-refractivity contribution in [2.45, 2.75) is 57.2 Å². The van der Waals surface area contributed by atoms with Gasteiger partial charge in [0.15, 0.2) is 16.2 Å². The van der Waals surface area contributed by atoms with Crippen LogP contribution in [0, 0.1) is 0 Å². The number of rotatable bonds is 10. The molecule has 1 aliphatic carbocycles. The number of amides is 1. The maximum absolute atomic E-state index is 13.2. The van der Waals surface area contributed by atoms with E-state index in [1.165, 1.54) is 6.92 Å². The molecule has 3 aromatic rings. The molecule has 1 amide bonds. The smallest absolute Gasteiger partial charge is 0.302 e. The maximum atomic E-state index is 13.2. The zero-order valence-electron chi connectivity index (χ0n) is 20.2. The molecule has 1 saturated carbocycles. The van der Waals surface area contributed by atoms with Gasteiger partial charge < -0.3 is 13.9 Å². The van der Waals surface area contributed by atoms with Crippen LogP contribution >= 0.6 is 22.9 Å². The molecule has 0 bridgehead atoms. The summed E-state index contributed by atoms with van der Waals surface area (Å²) in [4.78, 5) is 28.6. The third kappa shape index (κ3) is 5.88. The molecule has 11 heteroatoms. The molecule has 1 aliphatic rings. The average molecular weight is 550 g/mol. The molecule has 192 valence electrons. The van der Waals surface area contributed by atoms with Crippen molar-refractivity contribution in [1.29, 1.82) is 0 Å². The normalized spacial score (nSPS) is 15.1. The van der Waals surface area contributed by atoms with E-state index in [4.69, 9.17) is 16.3 Å². The molecule has 36 heavy (non-hydrogen) atoms. The Morgan fingerprint density at radius 1 is 1.31 bits per heavy atom. The quantitative estimate of drug-likeness (QED) is 0.261. The molecule has 0 aliphatic heterocycles. The summed E-state index contributed by atoms with van der Waals surface area (Å²) in [7, 11) is 0. The van der Waals surface area contributed by atoms with E-state index >= 15 is 0 Å². The molecule has 8 nitrogen and oxygen atoms in total. The Hall–Kier alpha value is -2.53. The number of carbonyl (C=O) groups is 2. The lowest BCUT2D eigenvalue weighted by atomic mass is 10.1. The first-order chi connectivity index (χ1) is 17.1. The first-order valence-electron chi connectivity index (χ1n) is 11.6. The van der Waals surface area contributed by atoms with Gasteiger partial charge in [0, 0.05) is 26.1 Å². The highest BCUT2D eigenvalue weighted by molar-refractivity contribution is 7.80. The standard InChI is InChI=1S/C25H28ClN3O5S2/c1-15(2)18-12-21(23(31)28-24-27-20(22(26)35-24)8-11-34-16(3)30)29(14-18)13-17-4-6-19(7-5-17)25(9-10-25)36(32)33/h4-7,12,14-15H,8-11,13H2,1-3H3,(H,32,33)(H,27,28,31). The minimum Gasteiger partial charge on any atom is -0.465 e. The summed E-state index contributed by atoms with van der Waals surface area (Å²) in [6.45, 7) is 6.11. The Bertz CT molecular complexity index is 1300. The van der Waals surface area contributed by atoms with Crippen molar-refractivity contribution in [3.8, 4) is 0 Å². The predicted octanol–water partition coefficient (Wildman–Crippen LogP) is 5.34.